The molecule has 1 N–H and O–H groups in total. The molecule has 1 amide bonds. The molecule has 0 radical (unpaired) electrons. The number of nitrogens with zero attached hydrogens (tertiary/aromatic N) is 1. The fraction of sp³-hybridized carbons (Fsp3) is 0.222. The molecule has 2 heterocycles. The first-order valence-electron chi connectivity index (χ1n) is 11.3. The van der Waals surface area contributed by atoms with Crippen molar-refractivity contribution in [3.05, 3.63) is 76.2 Å². The number of aryl methyl sites for hydroxylation is 1. The molecule has 0 atom stereocenters. The van der Waals surface area contributed by atoms with Crippen molar-refractivity contribution in [3.63, 3.8) is 0 Å². The average Bonchev–Trinajstić information content (AvgIpc) is 3.44. The van der Waals surface area contributed by atoms with Crippen molar-refractivity contribution in [1.29, 1.82) is 0 Å². The highest BCUT2D eigenvalue weighted by atomic mass is 32.1. The normalized spacial score (nSPS) is 12.4. The van der Waals surface area contributed by atoms with Gasteiger partial charge < -0.3 is 14.8 Å². The summed E-state index contributed by atoms with van der Waals surface area (Å²) in [5, 5.41) is 4.29. The van der Waals surface area contributed by atoms with Crippen LogP contribution in [0.2, 0.25) is 0 Å². The summed E-state index contributed by atoms with van der Waals surface area (Å²) in [5.74, 6) is 0.0892. The summed E-state index contributed by atoms with van der Waals surface area (Å²) in [6.07, 6.45) is 2.76. The van der Waals surface area contributed by atoms with Gasteiger partial charge in [-0.25, -0.2) is 9.78 Å². The van der Waals surface area contributed by atoms with Crippen LogP contribution in [0, 0.1) is 0 Å². The number of hydrogen-bond donors (Lipinski definition) is 1. The van der Waals surface area contributed by atoms with Gasteiger partial charge in [-0.3, -0.25) is 4.79 Å². The zero-order valence-corrected chi connectivity index (χ0v) is 19.8. The molecule has 0 aliphatic heterocycles. The minimum atomic E-state index is -0.413. The molecule has 1 aliphatic rings. The second kappa shape index (κ2) is 9.27. The van der Waals surface area contributed by atoms with Gasteiger partial charge in [0.25, 0.3) is 5.91 Å². The Kier molecular flexibility index (Phi) is 6.02. The topological polar surface area (TPSA) is 77.5 Å². The summed E-state index contributed by atoms with van der Waals surface area (Å²) in [5.41, 5.74) is 4.28. The molecular formula is C27H24N2O4S. The number of hydrogen-bond acceptors (Lipinski definition) is 6. The van der Waals surface area contributed by atoms with Gasteiger partial charge in [0.05, 0.1) is 36.1 Å². The van der Waals surface area contributed by atoms with E-state index in [1.807, 2.05) is 55.5 Å². The summed E-state index contributed by atoms with van der Waals surface area (Å²) in [7, 11) is 1.37. The summed E-state index contributed by atoms with van der Waals surface area (Å²) < 4.78 is 10.6. The number of thiophene rings is 1. The molecule has 0 unspecified atom stereocenters. The van der Waals surface area contributed by atoms with Crippen LogP contribution in [0.5, 0.6) is 5.75 Å². The van der Waals surface area contributed by atoms with Crippen molar-refractivity contribution in [2.45, 2.75) is 26.2 Å². The van der Waals surface area contributed by atoms with E-state index in [1.54, 1.807) is 6.07 Å². The Morgan fingerprint density at radius 3 is 2.65 bits per heavy atom. The number of para-hydroxylation sites is 1. The van der Waals surface area contributed by atoms with E-state index >= 15 is 0 Å². The summed E-state index contributed by atoms with van der Waals surface area (Å²) in [6, 6.07) is 17.0. The van der Waals surface area contributed by atoms with E-state index in [1.165, 1.54) is 18.4 Å². The number of esters is 1. The van der Waals surface area contributed by atoms with Crippen molar-refractivity contribution >= 4 is 39.1 Å². The number of methoxy groups -OCH3 is 1. The summed E-state index contributed by atoms with van der Waals surface area (Å²) in [4.78, 5) is 32.0. The number of carbonyl (C=O) groups excluding carboxylic acids is 2. The van der Waals surface area contributed by atoms with Gasteiger partial charge in [0, 0.05) is 15.8 Å². The summed E-state index contributed by atoms with van der Waals surface area (Å²) in [6.45, 7) is 2.54. The standard InChI is InChI=1S/C27H24N2O4S/c1-3-33-17-13-11-16(12-14-17)22-15-20(18-7-4-5-9-21(18)28-22)25(30)29-26-24(27(31)32-2)19-8-6-10-23(19)34-26/h4-5,7,9,11-15H,3,6,8,10H2,1-2H3,(H,29,30). The van der Waals surface area contributed by atoms with Crippen LogP contribution in [-0.4, -0.2) is 30.6 Å². The van der Waals surface area contributed by atoms with Crippen LogP contribution in [-0.2, 0) is 17.6 Å². The molecule has 0 bridgehead atoms. The van der Waals surface area contributed by atoms with Crippen molar-refractivity contribution in [1.82, 2.24) is 4.98 Å². The molecule has 0 saturated carbocycles. The molecule has 5 rings (SSSR count). The third-order valence-electron chi connectivity index (χ3n) is 5.96. The molecule has 0 fully saturated rings. The fourth-order valence-electron chi connectivity index (χ4n) is 4.38. The number of ether oxygens (including phenoxy) is 2. The Hall–Kier alpha value is -3.71. The quantitative estimate of drug-likeness (QED) is 0.354. The van der Waals surface area contributed by atoms with E-state index in [0.717, 1.165) is 51.9 Å². The first-order valence-corrected chi connectivity index (χ1v) is 12.1. The molecule has 1 aliphatic carbocycles. The lowest BCUT2D eigenvalue weighted by molar-refractivity contribution is 0.0601. The number of rotatable bonds is 6. The number of benzene rings is 2. The predicted octanol–water partition coefficient (Wildman–Crippen LogP) is 5.89. The summed E-state index contributed by atoms with van der Waals surface area (Å²) >= 11 is 1.47. The highest BCUT2D eigenvalue weighted by molar-refractivity contribution is 7.17. The number of fused-ring (bicyclic) bond motifs is 2. The molecule has 172 valence electrons. The molecular weight excluding hydrogens is 448 g/mol. The van der Waals surface area contributed by atoms with Gasteiger partial charge in [0.15, 0.2) is 0 Å². The van der Waals surface area contributed by atoms with Crippen molar-refractivity contribution in [3.8, 4) is 17.0 Å². The predicted molar refractivity (Wildman–Crippen MR) is 134 cm³/mol. The number of amides is 1. The van der Waals surface area contributed by atoms with Crippen LogP contribution >= 0.6 is 11.3 Å². The van der Waals surface area contributed by atoms with Crippen LogP contribution < -0.4 is 10.1 Å². The first-order chi connectivity index (χ1) is 16.6. The van der Waals surface area contributed by atoms with Crippen molar-refractivity contribution in [2.75, 3.05) is 19.0 Å². The Morgan fingerprint density at radius 1 is 1.09 bits per heavy atom. The number of pyridine rings is 1. The molecule has 7 heteroatoms. The van der Waals surface area contributed by atoms with Gasteiger partial charge in [-0.1, -0.05) is 18.2 Å². The molecule has 0 spiro atoms. The van der Waals surface area contributed by atoms with Gasteiger partial charge in [0.1, 0.15) is 10.8 Å². The number of carbonyl (C=O) groups is 2. The average molecular weight is 473 g/mol. The maximum absolute atomic E-state index is 13.5. The first kappa shape index (κ1) is 22.1. The van der Waals surface area contributed by atoms with Crippen molar-refractivity contribution in [2.24, 2.45) is 0 Å². The van der Waals surface area contributed by atoms with Gasteiger partial charge in [0.2, 0.25) is 0 Å². The van der Waals surface area contributed by atoms with Crippen LogP contribution in [0.1, 0.15) is 44.5 Å². The van der Waals surface area contributed by atoms with Crippen molar-refractivity contribution < 1.29 is 19.1 Å². The van der Waals surface area contributed by atoms with Gasteiger partial charge in [-0.2, -0.15) is 0 Å². The van der Waals surface area contributed by atoms with E-state index in [0.29, 0.717) is 28.4 Å². The van der Waals surface area contributed by atoms with E-state index in [9.17, 15) is 9.59 Å². The van der Waals surface area contributed by atoms with E-state index in [2.05, 4.69) is 5.32 Å². The van der Waals surface area contributed by atoms with Crippen LogP contribution in [0.3, 0.4) is 0 Å². The van der Waals surface area contributed by atoms with Gasteiger partial charge >= 0.3 is 5.97 Å². The van der Waals surface area contributed by atoms with E-state index in [-0.39, 0.29) is 5.91 Å². The minimum Gasteiger partial charge on any atom is -0.494 e. The van der Waals surface area contributed by atoms with Gasteiger partial charge in [-0.05, 0) is 68.1 Å². The van der Waals surface area contributed by atoms with Crippen LogP contribution in [0.4, 0.5) is 5.00 Å². The Balaban J connectivity index is 1.55. The molecule has 2 aromatic heterocycles. The number of nitrogens with one attached hydrogen (secondary N) is 1. The maximum atomic E-state index is 13.5. The zero-order valence-electron chi connectivity index (χ0n) is 19.0. The number of anilines is 1. The minimum absolute atomic E-state index is 0.282. The third-order valence-corrected chi connectivity index (χ3v) is 7.17. The largest absolute Gasteiger partial charge is 0.494 e. The maximum Gasteiger partial charge on any atom is 0.341 e. The zero-order chi connectivity index (χ0) is 23.7. The molecule has 2 aromatic carbocycles. The van der Waals surface area contributed by atoms with Crippen LogP contribution in [0.25, 0.3) is 22.2 Å². The lowest BCUT2D eigenvalue weighted by atomic mass is 10.0. The molecule has 4 aromatic rings. The Labute approximate surface area is 201 Å². The smallest absolute Gasteiger partial charge is 0.341 e. The highest BCUT2D eigenvalue weighted by Crippen LogP contribution is 2.40. The molecule has 6 nitrogen and oxygen atoms in total. The van der Waals surface area contributed by atoms with Crippen LogP contribution in [0.15, 0.2) is 54.6 Å². The third kappa shape index (κ3) is 4.03. The highest BCUT2D eigenvalue weighted by Gasteiger charge is 2.28. The molecule has 34 heavy (non-hydrogen) atoms. The Bertz CT molecular complexity index is 1390. The fourth-order valence-corrected chi connectivity index (χ4v) is 5.65. The lowest BCUT2D eigenvalue weighted by Gasteiger charge is -2.12. The lowest BCUT2D eigenvalue weighted by Crippen LogP contribution is -2.15. The second-order valence-corrected chi connectivity index (χ2v) is 9.14. The second-order valence-electron chi connectivity index (χ2n) is 8.04. The Morgan fingerprint density at radius 2 is 1.88 bits per heavy atom. The monoisotopic (exact) mass is 472 g/mol. The van der Waals surface area contributed by atoms with E-state index < -0.39 is 5.97 Å². The van der Waals surface area contributed by atoms with Gasteiger partial charge in [-0.15, -0.1) is 11.3 Å². The molecule has 0 saturated heterocycles. The number of aromatic nitrogens is 1. The van der Waals surface area contributed by atoms with E-state index in [4.69, 9.17) is 14.5 Å². The SMILES string of the molecule is CCOc1ccc(-c2cc(C(=O)Nc3sc4c(c3C(=O)OC)CCC4)c3ccccc3n2)cc1.